The number of hydrogen-bond acceptors (Lipinski definition) is 2. The van der Waals surface area contributed by atoms with Crippen molar-refractivity contribution < 1.29 is 13.2 Å². The van der Waals surface area contributed by atoms with Crippen LogP contribution in [-0.2, 0) is 12.6 Å². The van der Waals surface area contributed by atoms with E-state index in [2.05, 4.69) is 5.10 Å². The quantitative estimate of drug-likeness (QED) is 0.937. The number of aromatic nitrogens is 2. The van der Waals surface area contributed by atoms with Crippen LogP contribution in [0.15, 0.2) is 24.4 Å². The molecule has 3 nitrogen and oxygen atoms in total. The largest absolute Gasteiger partial charge is 0.416 e. The zero-order valence-corrected chi connectivity index (χ0v) is 12.3. The number of benzene rings is 1. The Balaban J connectivity index is 2.51. The highest BCUT2D eigenvalue weighted by atomic mass is 35.5. The second kappa shape index (κ2) is 5.69. The van der Waals surface area contributed by atoms with Crippen LogP contribution in [0.3, 0.4) is 0 Å². The number of alkyl halides is 3. The summed E-state index contributed by atoms with van der Waals surface area (Å²) in [6, 6.07) is 3.74. The molecular weight excluding hydrogens is 303 g/mol. The zero-order chi connectivity index (χ0) is 15.8. The van der Waals surface area contributed by atoms with E-state index < -0.39 is 11.7 Å². The fraction of sp³-hybridized carbons (Fsp3) is 0.357. The Morgan fingerprint density at radius 2 is 2.05 bits per heavy atom. The van der Waals surface area contributed by atoms with Gasteiger partial charge in [0, 0.05) is 12.2 Å². The average Bonchev–Trinajstić information content (AvgIpc) is 2.68. The van der Waals surface area contributed by atoms with Gasteiger partial charge in [-0.15, -0.1) is 0 Å². The van der Waals surface area contributed by atoms with Gasteiger partial charge in [0.15, 0.2) is 0 Å². The predicted molar refractivity (Wildman–Crippen MR) is 75.7 cm³/mol. The van der Waals surface area contributed by atoms with Gasteiger partial charge < -0.3 is 5.73 Å². The Hall–Kier alpha value is -1.53. The summed E-state index contributed by atoms with van der Waals surface area (Å²) in [4.78, 5) is 0. The molecule has 0 aliphatic carbocycles. The third-order valence-corrected chi connectivity index (χ3v) is 3.42. The Morgan fingerprint density at radius 3 is 2.52 bits per heavy atom. The van der Waals surface area contributed by atoms with Gasteiger partial charge in [0.05, 0.1) is 22.0 Å². The van der Waals surface area contributed by atoms with E-state index in [1.165, 1.54) is 16.9 Å². The fourth-order valence-corrected chi connectivity index (χ4v) is 2.20. The van der Waals surface area contributed by atoms with Crippen LogP contribution in [0.4, 0.5) is 13.2 Å². The van der Waals surface area contributed by atoms with Crippen molar-refractivity contribution in [2.45, 2.75) is 32.5 Å². The van der Waals surface area contributed by atoms with E-state index in [4.69, 9.17) is 17.3 Å². The Bertz CT molecular complexity index is 628. The molecule has 2 rings (SSSR count). The van der Waals surface area contributed by atoms with Crippen molar-refractivity contribution in [1.29, 1.82) is 0 Å². The minimum Gasteiger partial charge on any atom is -0.328 e. The molecule has 0 amide bonds. The molecule has 0 spiro atoms. The topological polar surface area (TPSA) is 43.8 Å². The van der Waals surface area contributed by atoms with Crippen LogP contribution in [0, 0.1) is 6.92 Å². The van der Waals surface area contributed by atoms with Gasteiger partial charge in [-0.3, -0.25) is 0 Å². The van der Waals surface area contributed by atoms with E-state index in [9.17, 15) is 13.2 Å². The minimum atomic E-state index is -4.44. The van der Waals surface area contributed by atoms with Crippen molar-refractivity contribution in [3.63, 3.8) is 0 Å². The molecule has 0 radical (unpaired) electrons. The Morgan fingerprint density at radius 1 is 1.38 bits per heavy atom. The maximum Gasteiger partial charge on any atom is 0.416 e. The molecule has 2 aromatic rings. The first-order valence-electron chi connectivity index (χ1n) is 6.36. The van der Waals surface area contributed by atoms with Crippen LogP contribution < -0.4 is 5.73 Å². The second-order valence-corrected chi connectivity index (χ2v) is 5.43. The van der Waals surface area contributed by atoms with Gasteiger partial charge in [-0.1, -0.05) is 17.7 Å². The lowest BCUT2D eigenvalue weighted by molar-refractivity contribution is -0.138. The third kappa shape index (κ3) is 3.57. The molecule has 1 atom stereocenters. The van der Waals surface area contributed by atoms with Crippen LogP contribution in [0.1, 0.15) is 23.7 Å². The van der Waals surface area contributed by atoms with Gasteiger partial charge in [-0.25, -0.2) is 4.68 Å². The summed E-state index contributed by atoms with van der Waals surface area (Å²) in [5.41, 5.74) is 5.96. The van der Waals surface area contributed by atoms with E-state index in [1.54, 1.807) is 19.9 Å². The molecule has 21 heavy (non-hydrogen) atoms. The molecule has 1 unspecified atom stereocenters. The van der Waals surface area contributed by atoms with Crippen molar-refractivity contribution in [2.24, 2.45) is 5.73 Å². The molecule has 1 aromatic heterocycles. The van der Waals surface area contributed by atoms with Crippen molar-refractivity contribution in [3.8, 4) is 5.69 Å². The standard InChI is InChI=1S/C14H15ClF3N3/c1-8(19)5-10-3-4-11(6-12(10)14(16,17)18)21-7-13(15)9(2)20-21/h3-4,6-8H,5,19H2,1-2H3. The molecule has 7 heteroatoms. The first-order valence-corrected chi connectivity index (χ1v) is 6.74. The molecule has 0 aliphatic heterocycles. The van der Waals surface area contributed by atoms with E-state index in [-0.39, 0.29) is 18.0 Å². The molecular formula is C14H15ClF3N3. The van der Waals surface area contributed by atoms with E-state index in [1.807, 2.05) is 0 Å². The van der Waals surface area contributed by atoms with Gasteiger partial charge in [-0.05, 0) is 38.0 Å². The average molecular weight is 318 g/mol. The maximum absolute atomic E-state index is 13.2. The predicted octanol–water partition coefficient (Wildman–Crippen LogP) is 3.74. The van der Waals surface area contributed by atoms with Crippen LogP contribution in [-0.4, -0.2) is 15.8 Å². The smallest absolute Gasteiger partial charge is 0.328 e. The van der Waals surface area contributed by atoms with Crippen molar-refractivity contribution >= 4 is 11.6 Å². The normalized spacial score (nSPS) is 13.5. The van der Waals surface area contributed by atoms with E-state index in [0.29, 0.717) is 16.4 Å². The lowest BCUT2D eigenvalue weighted by atomic mass is 10.00. The van der Waals surface area contributed by atoms with Crippen molar-refractivity contribution in [3.05, 3.63) is 46.2 Å². The monoisotopic (exact) mass is 317 g/mol. The third-order valence-electron chi connectivity index (χ3n) is 3.04. The molecule has 0 fully saturated rings. The maximum atomic E-state index is 13.2. The second-order valence-electron chi connectivity index (χ2n) is 5.03. The Kier molecular flexibility index (Phi) is 4.30. The fourth-order valence-electron chi connectivity index (χ4n) is 2.07. The zero-order valence-electron chi connectivity index (χ0n) is 11.6. The lowest BCUT2D eigenvalue weighted by Gasteiger charge is -2.16. The molecule has 1 aromatic carbocycles. The highest BCUT2D eigenvalue weighted by Gasteiger charge is 2.33. The summed E-state index contributed by atoms with van der Waals surface area (Å²) in [7, 11) is 0. The summed E-state index contributed by atoms with van der Waals surface area (Å²) < 4.78 is 40.9. The number of halogens is 4. The molecule has 0 saturated heterocycles. The van der Waals surface area contributed by atoms with Gasteiger partial charge in [-0.2, -0.15) is 18.3 Å². The molecule has 0 saturated carbocycles. The van der Waals surface area contributed by atoms with Crippen molar-refractivity contribution in [2.75, 3.05) is 0 Å². The van der Waals surface area contributed by atoms with Crippen LogP contribution in [0.5, 0.6) is 0 Å². The summed E-state index contributed by atoms with van der Waals surface area (Å²) in [5.74, 6) is 0. The summed E-state index contributed by atoms with van der Waals surface area (Å²) in [5, 5.41) is 4.49. The summed E-state index contributed by atoms with van der Waals surface area (Å²) in [6.45, 7) is 3.36. The number of nitrogens with zero attached hydrogens (tertiary/aromatic N) is 2. The first-order chi connectivity index (χ1) is 9.68. The van der Waals surface area contributed by atoms with Crippen molar-refractivity contribution in [1.82, 2.24) is 9.78 Å². The van der Waals surface area contributed by atoms with Gasteiger partial charge >= 0.3 is 6.18 Å². The van der Waals surface area contributed by atoms with Gasteiger partial charge in [0.25, 0.3) is 0 Å². The van der Waals surface area contributed by atoms with E-state index in [0.717, 1.165) is 6.07 Å². The number of aryl methyl sites for hydroxylation is 1. The van der Waals surface area contributed by atoms with Crippen LogP contribution >= 0.6 is 11.6 Å². The van der Waals surface area contributed by atoms with Crippen LogP contribution in [0.2, 0.25) is 5.02 Å². The van der Waals surface area contributed by atoms with Gasteiger partial charge in [0.2, 0.25) is 0 Å². The molecule has 0 aliphatic rings. The summed E-state index contributed by atoms with van der Waals surface area (Å²) >= 11 is 5.89. The molecule has 0 bridgehead atoms. The van der Waals surface area contributed by atoms with Crippen LogP contribution in [0.25, 0.3) is 5.69 Å². The lowest BCUT2D eigenvalue weighted by Crippen LogP contribution is -2.21. The molecule has 2 N–H and O–H groups in total. The highest BCUT2D eigenvalue weighted by Crippen LogP contribution is 2.34. The Labute approximate surface area is 125 Å². The van der Waals surface area contributed by atoms with E-state index >= 15 is 0 Å². The first kappa shape index (κ1) is 15.9. The number of rotatable bonds is 3. The minimum absolute atomic E-state index is 0.161. The number of hydrogen-bond donors (Lipinski definition) is 1. The molecule has 114 valence electrons. The molecule has 1 heterocycles. The number of nitrogens with two attached hydrogens (primary N) is 1. The van der Waals surface area contributed by atoms with Gasteiger partial charge in [0.1, 0.15) is 0 Å². The highest BCUT2D eigenvalue weighted by molar-refractivity contribution is 6.31. The summed E-state index contributed by atoms with van der Waals surface area (Å²) in [6.07, 6.45) is -2.79. The SMILES string of the molecule is Cc1nn(-c2ccc(CC(C)N)c(C(F)(F)F)c2)cc1Cl.